The van der Waals surface area contributed by atoms with Crippen LogP contribution in [0.5, 0.6) is 0 Å². The first-order valence-corrected chi connectivity index (χ1v) is 6.94. The van der Waals surface area contributed by atoms with Gasteiger partial charge in [0, 0.05) is 33.3 Å². The molecule has 0 saturated carbocycles. The van der Waals surface area contributed by atoms with Gasteiger partial charge in [-0.15, -0.1) is 0 Å². The molecule has 1 atom stereocenters. The van der Waals surface area contributed by atoms with Crippen LogP contribution in [0.2, 0.25) is 0 Å². The fourth-order valence-corrected chi connectivity index (χ4v) is 2.30. The van der Waals surface area contributed by atoms with Crippen molar-refractivity contribution in [1.82, 2.24) is 9.80 Å². The highest BCUT2D eigenvalue weighted by Crippen LogP contribution is 2.06. The Hall–Kier alpha value is -0.650. The van der Waals surface area contributed by atoms with E-state index in [0.29, 0.717) is 0 Å². The van der Waals surface area contributed by atoms with E-state index >= 15 is 0 Å². The number of hydrogen-bond acceptors (Lipinski definition) is 4. The minimum Gasteiger partial charge on any atom is -0.383 e. The van der Waals surface area contributed by atoms with E-state index < -0.39 is 0 Å². The third-order valence-corrected chi connectivity index (χ3v) is 3.43. The Morgan fingerprint density at radius 1 is 1.33 bits per heavy atom. The predicted molar refractivity (Wildman–Crippen MR) is 72.4 cm³/mol. The van der Waals surface area contributed by atoms with E-state index in [-0.39, 0.29) is 11.9 Å². The van der Waals surface area contributed by atoms with Gasteiger partial charge in [-0.2, -0.15) is 0 Å². The van der Waals surface area contributed by atoms with Crippen molar-refractivity contribution in [2.45, 2.75) is 32.2 Å². The van der Waals surface area contributed by atoms with Crippen LogP contribution in [-0.4, -0.2) is 68.2 Å². The maximum Gasteiger partial charge on any atom is 0.239 e. The van der Waals surface area contributed by atoms with Gasteiger partial charge in [0.05, 0.1) is 12.6 Å². The fourth-order valence-electron chi connectivity index (χ4n) is 2.30. The lowest BCUT2D eigenvalue weighted by Gasteiger charge is -2.24. The summed E-state index contributed by atoms with van der Waals surface area (Å²) in [5.41, 5.74) is 5.90. The van der Waals surface area contributed by atoms with Gasteiger partial charge in [0.15, 0.2) is 0 Å². The van der Waals surface area contributed by atoms with Gasteiger partial charge in [0.2, 0.25) is 5.91 Å². The number of ether oxygens (including phenoxy) is 1. The fraction of sp³-hybridized carbons (Fsp3) is 0.923. The van der Waals surface area contributed by atoms with Crippen LogP contribution in [0.4, 0.5) is 0 Å². The summed E-state index contributed by atoms with van der Waals surface area (Å²) in [6, 6.07) is -0.319. The van der Waals surface area contributed by atoms with Crippen LogP contribution in [0.3, 0.4) is 0 Å². The minimum absolute atomic E-state index is 0.116. The highest BCUT2D eigenvalue weighted by molar-refractivity contribution is 5.81. The normalized spacial score (nSPS) is 19.6. The summed E-state index contributed by atoms with van der Waals surface area (Å²) in [5, 5.41) is 0. The van der Waals surface area contributed by atoms with Crippen molar-refractivity contribution < 1.29 is 9.53 Å². The van der Waals surface area contributed by atoms with Gasteiger partial charge in [-0.3, -0.25) is 9.69 Å². The summed E-state index contributed by atoms with van der Waals surface area (Å²) in [4.78, 5) is 16.4. The van der Waals surface area contributed by atoms with Gasteiger partial charge in [0.25, 0.3) is 0 Å². The van der Waals surface area contributed by atoms with E-state index in [4.69, 9.17) is 10.5 Å². The molecule has 1 amide bonds. The van der Waals surface area contributed by atoms with Crippen LogP contribution in [0.25, 0.3) is 0 Å². The lowest BCUT2D eigenvalue weighted by Crippen LogP contribution is -2.45. The standard InChI is InChI=1S/C13H27N3O2/c1-3-5-12(14)13(17)16-7-4-6-15(8-9-16)10-11-18-2/h12H,3-11,14H2,1-2H3. The largest absolute Gasteiger partial charge is 0.383 e. The molecule has 1 rings (SSSR count). The van der Waals surface area contributed by atoms with Crippen molar-refractivity contribution in [3.63, 3.8) is 0 Å². The van der Waals surface area contributed by atoms with E-state index in [1.807, 2.05) is 4.90 Å². The van der Waals surface area contributed by atoms with Crippen LogP contribution in [0.1, 0.15) is 26.2 Å². The monoisotopic (exact) mass is 257 g/mol. The van der Waals surface area contributed by atoms with E-state index in [9.17, 15) is 4.79 Å². The molecular weight excluding hydrogens is 230 g/mol. The maximum atomic E-state index is 12.1. The minimum atomic E-state index is -0.319. The number of rotatable bonds is 6. The number of carbonyl (C=O) groups excluding carboxylic acids is 1. The molecule has 5 nitrogen and oxygen atoms in total. The van der Waals surface area contributed by atoms with E-state index in [1.54, 1.807) is 7.11 Å². The number of methoxy groups -OCH3 is 1. The summed E-state index contributed by atoms with van der Waals surface area (Å²) < 4.78 is 5.09. The first-order chi connectivity index (χ1) is 8.69. The number of carbonyl (C=O) groups is 1. The highest BCUT2D eigenvalue weighted by atomic mass is 16.5. The van der Waals surface area contributed by atoms with Crippen LogP contribution in [0, 0.1) is 0 Å². The molecule has 0 aromatic carbocycles. The molecule has 1 saturated heterocycles. The molecule has 0 bridgehead atoms. The summed E-state index contributed by atoms with van der Waals surface area (Å²) >= 11 is 0. The average molecular weight is 257 g/mol. The van der Waals surface area contributed by atoms with E-state index in [0.717, 1.165) is 58.6 Å². The molecule has 1 fully saturated rings. The van der Waals surface area contributed by atoms with Gasteiger partial charge in [-0.25, -0.2) is 0 Å². The average Bonchev–Trinajstić information content (AvgIpc) is 2.61. The van der Waals surface area contributed by atoms with Crippen LogP contribution in [0.15, 0.2) is 0 Å². The number of nitrogens with zero attached hydrogens (tertiary/aromatic N) is 2. The van der Waals surface area contributed by atoms with Gasteiger partial charge in [-0.1, -0.05) is 13.3 Å². The zero-order chi connectivity index (χ0) is 13.4. The quantitative estimate of drug-likeness (QED) is 0.743. The smallest absolute Gasteiger partial charge is 0.239 e. The van der Waals surface area contributed by atoms with Gasteiger partial charge in [-0.05, 0) is 19.4 Å². The van der Waals surface area contributed by atoms with Gasteiger partial charge < -0.3 is 15.4 Å². The van der Waals surface area contributed by atoms with Gasteiger partial charge >= 0.3 is 0 Å². The molecule has 0 radical (unpaired) electrons. The van der Waals surface area contributed by atoms with Crippen molar-refractivity contribution in [3.8, 4) is 0 Å². The number of amides is 1. The Bertz CT molecular complexity index is 248. The SMILES string of the molecule is CCCC(N)C(=O)N1CCCN(CCOC)CC1. The van der Waals surface area contributed by atoms with Crippen LogP contribution < -0.4 is 5.73 Å². The molecule has 0 aliphatic carbocycles. The van der Waals surface area contributed by atoms with Crippen molar-refractivity contribution in [2.75, 3.05) is 46.4 Å². The van der Waals surface area contributed by atoms with Crippen molar-refractivity contribution in [1.29, 1.82) is 0 Å². The van der Waals surface area contributed by atoms with Gasteiger partial charge in [0.1, 0.15) is 0 Å². The maximum absolute atomic E-state index is 12.1. The molecule has 0 aromatic rings. The van der Waals surface area contributed by atoms with E-state index in [1.165, 1.54) is 0 Å². The third-order valence-electron chi connectivity index (χ3n) is 3.43. The molecule has 1 aliphatic rings. The molecule has 1 unspecified atom stereocenters. The van der Waals surface area contributed by atoms with Crippen LogP contribution >= 0.6 is 0 Å². The zero-order valence-electron chi connectivity index (χ0n) is 11.7. The Morgan fingerprint density at radius 3 is 2.78 bits per heavy atom. The molecule has 0 spiro atoms. The van der Waals surface area contributed by atoms with Crippen molar-refractivity contribution in [2.24, 2.45) is 5.73 Å². The molecule has 0 aromatic heterocycles. The first kappa shape index (κ1) is 15.4. The highest BCUT2D eigenvalue weighted by Gasteiger charge is 2.22. The second-order valence-electron chi connectivity index (χ2n) is 4.91. The topological polar surface area (TPSA) is 58.8 Å². The lowest BCUT2D eigenvalue weighted by molar-refractivity contribution is -0.132. The van der Waals surface area contributed by atoms with E-state index in [2.05, 4.69) is 11.8 Å². The second-order valence-corrected chi connectivity index (χ2v) is 4.91. The molecule has 1 heterocycles. The molecule has 5 heteroatoms. The summed E-state index contributed by atoms with van der Waals surface area (Å²) in [7, 11) is 1.72. The molecule has 18 heavy (non-hydrogen) atoms. The summed E-state index contributed by atoms with van der Waals surface area (Å²) in [6.07, 6.45) is 2.76. The third kappa shape index (κ3) is 4.92. The van der Waals surface area contributed by atoms with Crippen molar-refractivity contribution >= 4 is 5.91 Å². The molecule has 106 valence electrons. The first-order valence-electron chi connectivity index (χ1n) is 6.94. The Labute approximate surface area is 110 Å². The summed E-state index contributed by atoms with van der Waals surface area (Å²) in [6.45, 7) is 7.34. The summed E-state index contributed by atoms with van der Waals surface area (Å²) in [5.74, 6) is 0.116. The molecular formula is C13H27N3O2. The predicted octanol–water partition coefficient (Wildman–Crippen LogP) is 0.295. The van der Waals surface area contributed by atoms with Crippen LogP contribution in [-0.2, 0) is 9.53 Å². The molecule has 2 N–H and O–H groups in total. The zero-order valence-corrected chi connectivity index (χ0v) is 11.7. The second kappa shape index (κ2) is 8.45. The number of hydrogen-bond donors (Lipinski definition) is 1. The molecule has 1 aliphatic heterocycles. The Kier molecular flexibility index (Phi) is 7.23. The Balaban J connectivity index is 2.38. The Morgan fingerprint density at radius 2 is 2.11 bits per heavy atom. The lowest BCUT2D eigenvalue weighted by atomic mass is 10.1. The number of nitrogens with two attached hydrogens (primary N) is 1. The van der Waals surface area contributed by atoms with Crippen molar-refractivity contribution in [3.05, 3.63) is 0 Å².